The Labute approximate surface area is 121 Å². The van der Waals surface area contributed by atoms with Crippen molar-refractivity contribution < 1.29 is 9.47 Å². The van der Waals surface area contributed by atoms with E-state index in [1.165, 1.54) is 24.8 Å². The molecule has 3 rings (SSSR count). The Kier molecular flexibility index (Phi) is 3.99. The maximum Gasteiger partial charge on any atom is 0.120 e. The van der Waals surface area contributed by atoms with Gasteiger partial charge in [0.25, 0.3) is 0 Å². The van der Waals surface area contributed by atoms with Crippen molar-refractivity contribution in [2.24, 2.45) is 0 Å². The average molecular weight is 275 g/mol. The fraction of sp³-hybridized carbons (Fsp3) is 0.647. The minimum Gasteiger partial charge on any atom is -0.490 e. The second-order valence-electron chi connectivity index (χ2n) is 6.20. The lowest BCUT2D eigenvalue weighted by Crippen LogP contribution is -2.48. The summed E-state index contributed by atoms with van der Waals surface area (Å²) in [5.74, 6) is 0.992. The molecule has 2 fully saturated rings. The Morgan fingerprint density at radius 2 is 2.25 bits per heavy atom. The molecule has 20 heavy (non-hydrogen) atoms. The molecule has 1 spiro atoms. The van der Waals surface area contributed by atoms with E-state index in [9.17, 15) is 0 Å². The van der Waals surface area contributed by atoms with E-state index in [1.807, 2.05) is 7.05 Å². The van der Waals surface area contributed by atoms with Crippen LogP contribution in [0.3, 0.4) is 0 Å². The van der Waals surface area contributed by atoms with Crippen molar-refractivity contribution in [2.45, 2.75) is 56.8 Å². The topological polar surface area (TPSA) is 30.5 Å². The molecule has 1 N–H and O–H groups in total. The zero-order chi connectivity index (χ0) is 14.0. The summed E-state index contributed by atoms with van der Waals surface area (Å²) in [6.45, 7) is 3.01. The van der Waals surface area contributed by atoms with Gasteiger partial charge in [-0.1, -0.05) is 12.1 Å². The lowest BCUT2D eigenvalue weighted by Gasteiger charge is -2.46. The van der Waals surface area contributed by atoms with Crippen molar-refractivity contribution >= 4 is 0 Å². The van der Waals surface area contributed by atoms with Gasteiger partial charge in [-0.2, -0.15) is 0 Å². The third kappa shape index (κ3) is 2.84. The zero-order valence-corrected chi connectivity index (χ0v) is 12.5. The highest BCUT2D eigenvalue weighted by molar-refractivity contribution is 5.30. The molecule has 1 saturated heterocycles. The Bertz CT molecular complexity index is 456. The molecular weight excluding hydrogens is 250 g/mol. The van der Waals surface area contributed by atoms with Gasteiger partial charge < -0.3 is 14.8 Å². The lowest BCUT2D eigenvalue weighted by atomic mass is 9.74. The summed E-state index contributed by atoms with van der Waals surface area (Å²) in [4.78, 5) is 0. The number of hydrogen-bond donors (Lipinski definition) is 1. The van der Waals surface area contributed by atoms with Gasteiger partial charge in [0.05, 0.1) is 12.2 Å². The van der Waals surface area contributed by atoms with Crippen molar-refractivity contribution in [1.82, 2.24) is 5.32 Å². The molecule has 2 atom stereocenters. The van der Waals surface area contributed by atoms with Crippen molar-refractivity contribution in [1.29, 1.82) is 0 Å². The Balaban J connectivity index is 1.65. The SMILES string of the molecule is CNC(C)c1cccc(OC2CCOC3(CCC3)C2)c1. The molecule has 1 aliphatic heterocycles. The molecule has 3 heteroatoms. The number of hydrogen-bond acceptors (Lipinski definition) is 3. The van der Waals surface area contributed by atoms with Gasteiger partial charge in [-0.25, -0.2) is 0 Å². The summed E-state index contributed by atoms with van der Waals surface area (Å²) < 4.78 is 12.2. The van der Waals surface area contributed by atoms with Gasteiger partial charge in [0.15, 0.2) is 0 Å². The summed E-state index contributed by atoms with van der Waals surface area (Å²) in [5, 5.41) is 3.27. The average Bonchev–Trinajstić information content (AvgIpc) is 2.45. The first-order valence-electron chi connectivity index (χ1n) is 7.79. The quantitative estimate of drug-likeness (QED) is 0.913. The maximum absolute atomic E-state index is 6.21. The molecule has 0 aromatic heterocycles. The molecular formula is C17H25NO2. The van der Waals surface area contributed by atoms with Gasteiger partial charge in [0.2, 0.25) is 0 Å². The van der Waals surface area contributed by atoms with Crippen LogP contribution in [0.15, 0.2) is 24.3 Å². The first kappa shape index (κ1) is 13.9. The third-order valence-corrected chi connectivity index (χ3v) is 4.81. The Hall–Kier alpha value is -1.06. The van der Waals surface area contributed by atoms with Crippen LogP contribution >= 0.6 is 0 Å². The van der Waals surface area contributed by atoms with E-state index in [2.05, 4.69) is 36.5 Å². The summed E-state index contributed by atoms with van der Waals surface area (Å²) in [6, 6.07) is 8.80. The summed E-state index contributed by atoms with van der Waals surface area (Å²) in [6.07, 6.45) is 6.10. The van der Waals surface area contributed by atoms with E-state index in [0.29, 0.717) is 12.1 Å². The van der Waals surface area contributed by atoms with Gasteiger partial charge in [-0.3, -0.25) is 0 Å². The third-order valence-electron chi connectivity index (χ3n) is 4.81. The van der Waals surface area contributed by atoms with Crippen LogP contribution in [0.25, 0.3) is 0 Å². The van der Waals surface area contributed by atoms with E-state index >= 15 is 0 Å². The van der Waals surface area contributed by atoms with E-state index < -0.39 is 0 Å². The van der Waals surface area contributed by atoms with Gasteiger partial charge in [-0.05, 0) is 50.9 Å². The fourth-order valence-electron chi connectivity index (χ4n) is 3.22. The van der Waals surface area contributed by atoms with Crippen molar-refractivity contribution in [3.8, 4) is 5.75 Å². The van der Waals surface area contributed by atoms with Crippen molar-refractivity contribution in [3.05, 3.63) is 29.8 Å². The maximum atomic E-state index is 6.21. The van der Waals surface area contributed by atoms with Crippen molar-refractivity contribution in [2.75, 3.05) is 13.7 Å². The summed E-state index contributed by atoms with van der Waals surface area (Å²) >= 11 is 0. The molecule has 0 radical (unpaired) electrons. The first-order chi connectivity index (χ1) is 9.71. The van der Waals surface area contributed by atoms with Crippen LogP contribution in [0.5, 0.6) is 5.75 Å². The minimum atomic E-state index is 0.152. The molecule has 1 aromatic carbocycles. The Morgan fingerprint density at radius 1 is 1.40 bits per heavy atom. The molecule has 0 amide bonds. The highest BCUT2D eigenvalue weighted by Gasteiger charge is 2.43. The standard InChI is InChI=1S/C17H25NO2/c1-13(18-2)14-5-3-6-15(11-14)20-16-7-10-19-17(12-16)8-4-9-17/h3,5-6,11,13,16,18H,4,7-10,12H2,1-2H3. The normalized spacial score (nSPS) is 26.0. The monoisotopic (exact) mass is 275 g/mol. The lowest BCUT2D eigenvalue weighted by molar-refractivity contribution is -0.153. The molecule has 3 nitrogen and oxygen atoms in total. The van der Waals surface area contributed by atoms with Crippen LogP contribution in [-0.4, -0.2) is 25.4 Å². The van der Waals surface area contributed by atoms with Crippen molar-refractivity contribution in [3.63, 3.8) is 0 Å². The van der Waals surface area contributed by atoms with Gasteiger partial charge >= 0.3 is 0 Å². The zero-order valence-electron chi connectivity index (χ0n) is 12.5. The number of benzene rings is 1. The van der Waals surface area contributed by atoms with Gasteiger partial charge in [0, 0.05) is 18.9 Å². The molecule has 110 valence electrons. The summed E-state index contributed by atoms with van der Waals surface area (Å²) in [7, 11) is 1.98. The predicted molar refractivity (Wildman–Crippen MR) is 80.1 cm³/mol. The highest BCUT2D eigenvalue weighted by atomic mass is 16.5. The van der Waals surface area contributed by atoms with Crippen LogP contribution in [0, 0.1) is 0 Å². The second-order valence-corrected chi connectivity index (χ2v) is 6.20. The van der Waals surface area contributed by atoms with E-state index in [-0.39, 0.29) is 5.60 Å². The number of rotatable bonds is 4. The molecule has 0 bridgehead atoms. The molecule has 2 unspecified atom stereocenters. The van der Waals surface area contributed by atoms with E-state index in [0.717, 1.165) is 25.2 Å². The number of ether oxygens (including phenoxy) is 2. The fourth-order valence-corrected chi connectivity index (χ4v) is 3.22. The largest absolute Gasteiger partial charge is 0.490 e. The molecule has 1 aromatic rings. The minimum absolute atomic E-state index is 0.152. The second kappa shape index (κ2) is 5.74. The number of nitrogens with one attached hydrogen (secondary N) is 1. The molecule has 1 heterocycles. The van der Waals surface area contributed by atoms with E-state index in [4.69, 9.17) is 9.47 Å². The first-order valence-corrected chi connectivity index (χ1v) is 7.79. The van der Waals surface area contributed by atoms with Gasteiger partial charge in [0.1, 0.15) is 11.9 Å². The van der Waals surface area contributed by atoms with Crippen LogP contribution in [-0.2, 0) is 4.74 Å². The summed E-state index contributed by atoms with van der Waals surface area (Å²) in [5.41, 5.74) is 1.43. The Morgan fingerprint density at radius 3 is 2.95 bits per heavy atom. The molecule has 2 aliphatic rings. The van der Waals surface area contributed by atoms with E-state index in [1.54, 1.807) is 0 Å². The predicted octanol–water partition coefficient (Wildman–Crippen LogP) is 3.45. The van der Waals surface area contributed by atoms with Crippen LogP contribution < -0.4 is 10.1 Å². The highest BCUT2D eigenvalue weighted by Crippen LogP contribution is 2.43. The van der Waals surface area contributed by atoms with Gasteiger partial charge in [-0.15, -0.1) is 0 Å². The molecule has 1 saturated carbocycles. The smallest absolute Gasteiger partial charge is 0.120 e. The van der Waals surface area contributed by atoms with Crippen LogP contribution in [0.4, 0.5) is 0 Å². The van der Waals surface area contributed by atoms with Crippen LogP contribution in [0.1, 0.15) is 50.6 Å². The molecule has 1 aliphatic carbocycles. The van der Waals surface area contributed by atoms with Crippen LogP contribution in [0.2, 0.25) is 0 Å².